The Morgan fingerprint density at radius 1 is 1.22 bits per heavy atom. The van der Waals surface area contributed by atoms with Crippen LogP contribution in [0.15, 0.2) is 80.6 Å². The van der Waals surface area contributed by atoms with Crippen molar-refractivity contribution in [3.8, 4) is 0 Å². The van der Waals surface area contributed by atoms with Crippen LogP contribution in [0, 0.1) is 0 Å². The van der Waals surface area contributed by atoms with Crippen LogP contribution in [-0.4, -0.2) is 40.6 Å². The van der Waals surface area contributed by atoms with Crippen molar-refractivity contribution in [1.29, 1.82) is 0 Å². The molecule has 1 unspecified atom stereocenters. The van der Waals surface area contributed by atoms with Gasteiger partial charge in [-0.05, 0) is 60.2 Å². The summed E-state index contributed by atoms with van der Waals surface area (Å²) in [5.74, 6) is 0.0645. The molecular formula is C28H26ClN2O7S3-. The third-order valence-electron chi connectivity index (χ3n) is 6.60. The average Bonchev–Trinajstić information content (AvgIpc) is 3.44. The maximum absolute atomic E-state index is 11.2. The minimum Gasteiger partial charge on any atom is -0.750 e. The van der Waals surface area contributed by atoms with Gasteiger partial charge in [0.15, 0.2) is 6.54 Å². The van der Waals surface area contributed by atoms with E-state index in [4.69, 9.17) is 20.2 Å². The van der Waals surface area contributed by atoms with Crippen LogP contribution in [0.1, 0.15) is 25.7 Å². The zero-order chi connectivity index (χ0) is 29.1. The molecule has 0 spiro atoms. The van der Waals surface area contributed by atoms with Crippen LogP contribution >= 0.6 is 23.4 Å². The number of hydrogen-bond donors (Lipinski definition) is 0. The molecule has 41 heavy (non-hydrogen) atoms. The molecule has 13 heteroatoms. The fourth-order valence-corrected chi connectivity index (χ4v) is 6.78. The first-order valence-electron chi connectivity index (χ1n) is 12.8. The molecule has 216 valence electrons. The van der Waals surface area contributed by atoms with Gasteiger partial charge >= 0.3 is 5.89 Å². The van der Waals surface area contributed by atoms with Gasteiger partial charge in [-0.2, -0.15) is 4.57 Å². The smallest absolute Gasteiger partial charge is 0.374 e. The van der Waals surface area contributed by atoms with Crippen LogP contribution in [0.2, 0.25) is 5.02 Å². The Labute approximate surface area is 249 Å². The van der Waals surface area contributed by atoms with E-state index < -0.39 is 27.2 Å². The number of anilines is 1. The molecule has 0 aliphatic carbocycles. The fourth-order valence-electron chi connectivity index (χ4n) is 4.77. The molecule has 0 radical (unpaired) electrons. The molecule has 0 saturated carbocycles. The molecule has 3 aromatic carbocycles. The Bertz CT molecular complexity index is 1800. The van der Waals surface area contributed by atoms with Crippen LogP contribution in [0.3, 0.4) is 0 Å². The summed E-state index contributed by atoms with van der Waals surface area (Å²) >= 11 is 5.15. The first-order chi connectivity index (χ1) is 19.6. The molecule has 1 aromatic heterocycles. The van der Waals surface area contributed by atoms with E-state index in [2.05, 4.69) is 0 Å². The Kier molecular flexibility index (Phi) is 9.19. The summed E-state index contributed by atoms with van der Waals surface area (Å²) in [6.07, 6.45) is 4.72. The van der Waals surface area contributed by atoms with Gasteiger partial charge in [-0.3, -0.25) is 4.18 Å². The minimum absolute atomic E-state index is 0.0651. The summed E-state index contributed by atoms with van der Waals surface area (Å²) in [7, 11) is -4.34. The van der Waals surface area contributed by atoms with Gasteiger partial charge in [-0.1, -0.05) is 54.6 Å². The largest absolute Gasteiger partial charge is 0.750 e. The van der Waals surface area contributed by atoms with Crippen molar-refractivity contribution >= 4 is 78.5 Å². The molecule has 9 nitrogen and oxygen atoms in total. The predicted molar refractivity (Wildman–Crippen MR) is 159 cm³/mol. The van der Waals surface area contributed by atoms with Gasteiger partial charge in [0.2, 0.25) is 5.58 Å². The average molecular weight is 634 g/mol. The van der Waals surface area contributed by atoms with E-state index in [-0.39, 0.29) is 19.6 Å². The molecule has 2 heterocycles. The first-order valence-corrected chi connectivity index (χ1v) is 16.6. The number of rotatable bonds is 11. The van der Waals surface area contributed by atoms with Crippen LogP contribution in [0.25, 0.3) is 27.9 Å². The Hall–Kier alpha value is -2.71. The Morgan fingerprint density at radius 3 is 2.78 bits per heavy atom. The summed E-state index contributed by atoms with van der Waals surface area (Å²) in [5, 5.41) is 3.39. The first kappa shape index (κ1) is 29.8. The lowest BCUT2D eigenvalue weighted by atomic mass is 10.1. The maximum Gasteiger partial charge on any atom is 0.374 e. The molecule has 1 aliphatic rings. The van der Waals surface area contributed by atoms with Gasteiger partial charge in [0.1, 0.15) is 6.61 Å². The lowest BCUT2D eigenvalue weighted by Gasteiger charge is -2.21. The van der Waals surface area contributed by atoms with E-state index in [0.29, 0.717) is 29.5 Å². The van der Waals surface area contributed by atoms with Gasteiger partial charge in [0.25, 0.3) is 5.52 Å². The SMILES string of the molecule is CCC(/C=C1\Sc2ccc(Cl)cc2N1CCCS(=O)(=O)[O-])=C\c1oc2ccc3ccccc3c2[n+]1CCOS(=O)[O-]. The van der Waals surface area contributed by atoms with Crippen LogP contribution in [0.4, 0.5) is 5.69 Å². The highest BCUT2D eigenvalue weighted by Gasteiger charge is 2.27. The van der Waals surface area contributed by atoms with Crippen molar-refractivity contribution < 1.29 is 34.9 Å². The number of oxazole rings is 1. The van der Waals surface area contributed by atoms with Gasteiger partial charge in [-0.25, -0.2) is 12.6 Å². The van der Waals surface area contributed by atoms with Gasteiger partial charge in [-0.15, -0.1) is 0 Å². The second-order valence-corrected chi connectivity index (χ2v) is 13.0. The molecule has 0 bridgehead atoms. The maximum atomic E-state index is 11.2. The summed E-state index contributed by atoms with van der Waals surface area (Å²) < 4.78 is 68.8. The summed E-state index contributed by atoms with van der Waals surface area (Å²) in [6, 6.07) is 17.3. The molecule has 0 saturated heterocycles. The number of allylic oxidation sites excluding steroid dienone is 2. The van der Waals surface area contributed by atoms with Crippen molar-refractivity contribution in [2.75, 3.05) is 23.8 Å². The highest BCUT2D eigenvalue weighted by Crippen LogP contribution is 2.47. The normalized spacial score (nSPS) is 15.8. The van der Waals surface area contributed by atoms with E-state index in [1.165, 1.54) is 11.8 Å². The number of hydrogen-bond acceptors (Lipinski definition) is 9. The van der Waals surface area contributed by atoms with Crippen molar-refractivity contribution in [2.45, 2.75) is 31.2 Å². The third-order valence-corrected chi connectivity index (χ3v) is 9.10. The monoisotopic (exact) mass is 633 g/mol. The number of nitrogens with zero attached hydrogens (tertiary/aromatic N) is 2. The second kappa shape index (κ2) is 12.7. The molecule has 1 atom stereocenters. The standard InChI is InChI=1S/C28H27ClN2O7S3/c1-2-19(17-27-30(12-5-15-41(34,35)36)23-18-21(29)9-11-25(23)39-27)16-26-31(13-14-37-40(32)33)28-22-7-4-3-6-20(22)8-10-24(28)38-26/h3-4,6-11,16-18H,2,5,12-15H2,1H3,(H-,32,33,34,35,36)/p-1. The molecular weight excluding hydrogens is 608 g/mol. The number of fused-ring (bicyclic) bond motifs is 4. The van der Waals surface area contributed by atoms with Crippen LogP contribution in [0.5, 0.6) is 0 Å². The quantitative estimate of drug-likeness (QED) is 0.119. The second-order valence-electron chi connectivity index (χ2n) is 9.29. The van der Waals surface area contributed by atoms with E-state index >= 15 is 0 Å². The lowest BCUT2D eigenvalue weighted by molar-refractivity contribution is -0.678. The molecule has 5 rings (SSSR count). The van der Waals surface area contributed by atoms with Crippen molar-refractivity contribution in [1.82, 2.24) is 0 Å². The van der Waals surface area contributed by atoms with Crippen molar-refractivity contribution in [2.24, 2.45) is 0 Å². The summed E-state index contributed by atoms with van der Waals surface area (Å²) in [4.78, 5) is 2.94. The van der Waals surface area contributed by atoms with E-state index in [1.807, 2.05) is 77.1 Å². The molecule has 0 amide bonds. The lowest BCUT2D eigenvalue weighted by Crippen LogP contribution is -2.38. The van der Waals surface area contributed by atoms with Gasteiger partial charge in [0.05, 0.1) is 43.7 Å². The highest BCUT2D eigenvalue weighted by atomic mass is 35.5. The number of benzene rings is 3. The van der Waals surface area contributed by atoms with Crippen molar-refractivity contribution in [3.63, 3.8) is 0 Å². The van der Waals surface area contributed by atoms with E-state index in [9.17, 15) is 21.7 Å². The predicted octanol–water partition coefficient (Wildman–Crippen LogP) is 5.52. The minimum atomic E-state index is -4.34. The summed E-state index contributed by atoms with van der Waals surface area (Å²) in [5.41, 5.74) is 3.24. The molecule has 1 aliphatic heterocycles. The zero-order valence-corrected chi connectivity index (χ0v) is 25.2. The summed E-state index contributed by atoms with van der Waals surface area (Å²) in [6.45, 7) is 2.51. The number of halogens is 1. The van der Waals surface area contributed by atoms with Crippen LogP contribution < -0.4 is 9.47 Å². The van der Waals surface area contributed by atoms with Crippen molar-refractivity contribution in [3.05, 3.63) is 82.2 Å². The number of thioether (sulfide) groups is 1. The fraction of sp³-hybridized carbons (Fsp3) is 0.250. The van der Waals surface area contributed by atoms with Gasteiger partial charge in [0, 0.05) is 22.2 Å². The van der Waals surface area contributed by atoms with Gasteiger partial charge < -0.3 is 18.4 Å². The molecule has 0 N–H and O–H groups in total. The topological polar surface area (TPSA) is 127 Å². The zero-order valence-electron chi connectivity index (χ0n) is 21.9. The van der Waals surface area contributed by atoms with E-state index in [0.717, 1.165) is 37.5 Å². The molecule has 0 fully saturated rings. The molecule has 4 aromatic rings. The Morgan fingerprint density at radius 2 is 2.02 bits per heavy atom. The highest BCUT2D eigenvalue weighted by molar-refractivity contribution is 8.03. The van der Waals surface area contributed by atoms with E-state index in [1.54, 1.807) is 6.07 Å². The third kappa shape index (κ3) is 7.03. The number of aromatic nitrogens is 1. The Balaban J connectivity index is 1.56. The van der Waals surface area contributed by atoms with Crippen LogP contribution in [-0.2, 0) is 32.2 Å².